The van der Waals surface area contributed by atoms with Gasteiger partial charge >= 0.3 is 0 Å². The predicted octanol–water partition coefficient (Wildman–Crippen LogP) is 35.3. The molecule has 0 fully saturated rings. The molecular weight excluding hydrogens is 1710 g/mol. The summed E-state index contributed by atoms with van der Waals surface area (Å²) in [4.78, 5) is 0. The Labute approximate surface area is 815 Å². The van der Waals surface area contributed by atoms with Gasteiger partial charge in [0.05, 0.1) is 77.3 Å². The van der Waals surface area contributed by atoms with E-state index in [4.69, 9.17) is 0 Å². The Balaban J connectivity index is 0.000000108. The molecule has 0 radical (unpaired) electrons. The van der Waals surface area contributed by atoms with Crippen molar-refractivity contribution < 1.29 is 0 Å². The first-order valence-corrected chi connectivity index (χ1v) is 48.6. The minimum absolute atomic E-state index is 0.542. The molecule has 6 nitrogen and oxygen atoms in total. The molecule has 23 aromatic carbocycles. The minimum atomic E-state index is -0.542. The van der Waals surface area contributed by atoms with Crippen LogP contribution in [0.1, 0.15) is 22.3 Å². The number of hydrogen-bond donors (Lipinski definition) is 0. The molecule has 0 spiro atoms. The minimum Gasteiger partial charge on any atom is -0.309 e. The highest BCUT2D eigenvalue weighted by Crippen LogP contribution is 2.49. The van der Waals surface area contributed by atoms with Crippen LogP contribution < -0.4 is 0 Å². The first-order chi connectivity index (χ1) is 70.0. The van der Waals surface area contributed by atoms with E-state index in [-0.39, 0.29) is 0 Å². The van der Waals surface area contributed by atoms with Crippen molar-refractivity contribution in [3.05, 3.63) is 568 Å². The van der Waals surface area contributed by atoms with Crippen LogP contribution in [0, 0.1) is 0 Å². The molecule has 0 N–H and O–H groups in total. The Hall–Kier alpha value is -18.6. The second-order valence-corrected chi connectivity index (χ2v) is 36.9. The standard InChI is InChI=1S/C55H38N2.2C40H26N2/c1-5-17-41(18-6-1)55(42-19-7-2-8-20-42,43-21-9-3-10-22-43)44-32-36-54-50(38-44)49-37-40(31-35-53(49)56(54)45-23-11-4-12-24-45)39-29-33-46(34-30-39)57-51-27-15-13-25-47(51)48-26-14-16-28-52(48)57;1-2-12-31-28(10-1)11-9-19-36(31)42-39-18-8-5-15-34(39)35-26-29(22-25-40(35)42)27-20-23-30(24-21-27)41-37-16-6-3-13-32(37)33-14-4-7-17-38(33)41;1-2-10-29-25-32(23-19-27(29)9-1)42-39-16-8-5-13-35(39)36-26-30(20-24-40(36)42)28-17-21-31(22-18-28)41-37-14-6-3-11-33(37)34-12-4-7-15-38(34)41/h1-38H;2*1-26H. The fraction of sp³-hybridized carbons (Fsp3) is 0.00741. The summed E-state index contributed by atoms with van der Waals surface area (Å²) in [5.74, 6) is 0. The van der Waals surface area contributed by atoms with E-state index in [1.54, 1.807) is 0 Å². The first-order valence-electron chi connectivity index (χ1n) is 48.6. The maximum atomic E-state index is 2.46. The molecular formula is C135H90N6. The summed E-state index contributed by atoms with van der Waals surface area (Å²) in [7, 11) is 0. The van der Waals surface area contributed by atoms with Gasteiger partial charge in [-0.05, 0) is 236 Å². The van der Waals surface area contributed by atoms with Gasteiger partial charge in [0, 0.05) is 98.5 Å². The quantitative estimate of drug-likeness (QED) is 0.103. The maximum absolute atomic E-state index is 2.46. The van der Waals surface area contributed by atoms with E-state index in [2.05, 4.69) is 573 Å². The molecule has 6 heterocycles. The molecule has 141 heavy (non-hydrogen) atoms. The smallest absolute Gasteiger partial charge is 0.0701 e. The zero-order valence-electron chi connectivity index (χ0n) is 77.1. The summed E-state index contributed by atoms with van der Waals surface area (Å²) in [6.45, 7) is 0. The van der Waals surface area contributed by atoms with E-state index < -0.39 is 5.41 Å². The molecule has 29 rings (SSSR count). The fourth-order valence-corrected chi connectivity index (χ4v) is 22.9. The molecule has 0 saturated heterocycles. The second-order valence-electron chi connectivity index (χ2n) is 36.9. The van der Waals surface area contributed by atoms with E-state index in [0.717, 1.165) is 11.4 Å². The van der Waals surface area contributed by atoms with Gasteiger partial charge in [-0.15, -0.1) is 0 Å². The predicted molar refractivity (Wildman–Crippen MR) is 595 cm³/mol. The molecule has 0 aliphatic rings. The molecule has 0 saturated carbocycles. The van der Waals surface area contributed by atoms with Crippen LogP contribution in [-0.2, 0) is 5.41 Å². The van der Waals surface area contributed by atoms with Crippen molar-refractivity contribution in [1.29, 1.82) is 0 Å². The molecule has 660 valence electrons. The highest BCUT2D eigenvalue weighted by Gasteiger charge is 2.39. The second kappa shape index (κ2) is 34.0. The lowest BCUT2D eigenvalue weighted by Crippen LogP contribution is -2.30. The zero-order valence-corrected chi connectivity index (χ0v) is 77.1. The number of aromatic nitrogens is 6. The monoisotopic (exact) mass is 1790 g/mol. The Morgan fingerprint density at radius 1 is 0.113 bits per heavy atom. The van der Waals surface area contributed by atoms with Gasteiger partial charge in [0.1, 0.15) is 0 Å². The fourth-order valence-electron chi connectivity index (χ4n) is 22.9. The zero-order chi connectivity index (χ0) is 93.0. The van der Waals surface area contributed by atoms with Crippen molar-refractivity contribution >= 4 is 152 Å². The van der Waals surface area contributed by atoms with E-state index in [0.29, 0.717) is 0 Å². The van der Waals surface area contributed by atoms with E-state index in [1.807, 2.05) is 0 Å². The molecule has 0 aliphatic carbocycles. The first kappa shape index (κ1) is 81.9. The van der Waals surface area contributed by atoms with Gasteiger partial charge in [-0.3, -0.25) is 0 Å². The number of rotatable bonds is 13. The van der Waals surface area contributed by atoms with Crippen LogP contribution in [0.5, 0.6) is 0 Å². The van der Waals surface area contributed by atoms with Gasteiger partial charge in [0.25, 0.3) is 0 Å². The van der Waals surface area contributed by atoms with Gasteiger partial charge in [-0.2, -0.15) is 0 Å². The van der Waals surface area contributed by atoms with Crippen molar-refractivity contribution in [1.82, 2.24) is 27.4 Å². The van der Waals surface area contributed by atoms with Gasteiger partial charge in [0.2, 0.25) is 0 Å². The average Bonchev–Trinajstić information content (AvgIpc) is 1.65. The number of hydrogen-bond acceptors (Lipinski definition) is 0. The molecule has 0 unspecified atom stereocenters. The van der Waals surface area contributed by atoms with Gasteiger partial charge in [-0.25, -0.2) is 0 Å². The van der Waals surface area contributed by atoms with Crippen molar-refractivity contribution in [2.24, 2.45) is 0 Å². The van der Waals surface area contributed by atoms with Crippen molar-refractivity contribution in [2.75, 3.05) is 0 Å². The SMILES string of the molecule is c1ccc(-n2c3ccc(-c4ccc(-n5c6ccccc6c6ccccc65)cc4)cc3c3cc(C(c4ccccc4)(c4ccccc4)c4ccccc4)ccc32)cc1.c1ccc2c(-n3c4ccccc4c4cc(-c5ccc(-n6c7ccccc7c7ccccc76)cc5)ccc43)cccc2c1.c1ccc2cc(-n3c4ccccc4c4cc(-c5ccc(-n6c7ccccc7c7ccccc76)cc5)ccc43)ccc2c1. The third-order valence-electron chi connectivity index (χ3n) is 29.3. The van der Waals surface area contributed by atoms with Gasteiger partial charge in [-0.1, -0.05) is 382 Å². The Morgan fingerprint density at radius 3 is 0.730 bits per heavy atom. The summed E-state index contributed by atoms with van der Waals surface area (Å²) in [6.07, 6.45) is 0. The summed E-state index contributed by atoms with van der Waals surface area (Å²) in [6, 6.07) is 199. The Kier molecular flexibility index (Phi) is 19.8. The lowest BCUT2D eigenvalue weighted by molar-refractivity contribution is 0.746. The highest BCUT2D eigenvalue weighted by atomic mass is 15.0. The van der Waals surface area contributed by atoms with Crippen LogP contribution in [0.25, 0.3) is 220 Å². The van der Waals surface area contributed by atoms with Crippen molar-refractivity contribution in [3.8, 4) is 67.5 Å². The van der Waals surface area contributed by atoms with E-state index in [1.165, 1.54) is 231 Å². The summed E-state index contributed by atoms with van der Waals surface area (Å²) in [5.41, 5.74) is 33.3. The molecule has 29 aromatic rings. The summed E-state index contributed by atoms with van der Waals surface area (Å²) >= 11 is 0. The topological polar surface area (TPSA) is 29.6 Å². The van der Waals surface area contributed by atoms with Crippen LogP contribution in [0.3, 0.4) is 0 Å². The normalized spacial score (nSPS) is 11.8. The number of benzene rings is 23. The molecule has 0 bridgehead atoms. The van der Waals surface area contributed by atoms with Crippen molar-refractivity contribution in [2.45, 2.75) is 5.41 Å². The lowest BCUT2D eigenvalue weighted by Gasteiger charge is -2.37. The van der Waals surface area contributed by atoms with Crippen LogP contribution >= 0.6 is 0 Å². The van der Waals surface area contributed by atoms with Crippen LogP contribution in [0.2, 0.25) is 0 Å². The van der Waals surface area contributed by atoms with Crippen LogP contribution in [0.15, 0.2) is 546 Å². The molecule has 6 heteroatoms. The number of para-hydroxylation sites is 9. The van der Waals surface area contributed by atoms with Crippen LogP contribution in [0.4, 0.5) is 0 Å². The third kappa shape index (κ3) is 13.6. The highest BCUT2D eigenvalue weighted by molar-refractivity contribution is 6.16. The van der Waals surface area contributed by atoms with Gasteiger partial charge < -0.3 is 27.4 Å². The molecule has 0 atom stereocenters. The molecule has 0 amide bonds. The number of nitrogens with zero attached hydrogens (tertiary/aromatic N) is 6. The maximum Gasteiger partial charge on any atom is 0.0701 e. The van der Waals surface area contributed by atoms with Gasteiger partial charge in [0.15, 0.2) is 0 Å². The summed E-state index contributed by atoms with van der Waals surface area (Å²) in [5, 5.41) is 20.2. The van der Waals surface area contributed by atoms with E-state index in [9.17, 15) is 0 Å². The molecule has 0 aliphatic heterocycles. The largest absolute Gasteiger partial charge is 0.309 e. The van der Waals surface area contributed by atoms with E-state index >= 15 is 0 Å². The Bertz CT molecular complexity index is 9640. The summed E-state index contributed by atoms with van der Waals surface area (Å²) < 4.78 is 14.3. The number of fused-ring (bicyclic) bond motifs is 20. The van der Waals surface area contributed by atoms with Crippen LogP contribution in [-0.4, -0.2) is 27.4 Å². The Morgan fingerprint density at radius 2 is 0.355 bits per heavy atom. The third-order valence-corrected chi connectivity index (χ3v) is 29.3. The molecule has 6 aromatic heterocycles. The average molecular weight is 1800 g/mol. The lowest BCUT2D eigenvalue weighted by atomic mass is 9.65. The van der Waals surface area contributed by atoms with Crippen molar-refractivity contribution in [3.63, 3.8) is 0 Å².